The van der Waals surface area contributed by atoms with Gasteiger partial charge >= 0.3 is 0 Å². The quantitative estimate of drug-likeness (QED) is 0.640. The van der Waals surface area contributed by atoms with Gasteiger partial charge in [0.2, 0.25) is 0 Å². The lowest BCUT2D eigenvalue weighted by atomic mass is 9.96. The highest BCUT2D eigenvalue weighted by Crippen LogP contribution is 2.23. The first-order valence-corrected chi connectivity index (χ1v) is 9.00. The maximum Gasteiger partial charge on any atom is 0.251 e. The average molecular weight is 343 g/mol. The Hall–Kier alpha value is -2.87. The van der Waals surface area contributed by atoms with E-state index in [4.69, 9.17) is 0 Å². The van der Waals surface area contributed by atoms with Gasteiger partial charge in [0.1, 0.15) is 0 Å². The zero-order chi connectivity index (χ0) is 18.7. The first-order valence-electron chi connectivity index (χ1n) is 9.00. The number of aryl methyl sites for hydroxylation is 3. The summed E-state index contributed by atoms with van der Waals surface area (Å²) in [6, 6.07) is 22.3. The summed E-state index contributed by atoms with van der Waals surface area (Å²) in [4.78, 5) is 12.6. The van der Waals surface area contributed by atoms with Crippen LogP contribution in [0.3, 0.4) is 0 Å². The molecule has 0 aliphatic heterocycles. The minimum Gasteiger partial charge on any atom is -0.346 e. The number of amides is 1. The highest BCUT2D eigenvalue weighted by atomic mass is 16.1. The SMILES string of the molecule is Cc1cc(C)c([C@@H](C)NC(=O)c2ccc(-c3ccccc3)cc2)cc1C. The molecular weight excluding hydrogens is 318 g/mol. The third-order valence-corrected chi connectivity index (χ3v) is 4.95. The van der Waals surface area contributed by atoms with Crippen molar-refractivity contribution >= 4 is 5.91 Å². The second-order valence-corrected chi connectivity index (χ2v) is 6.93. The summed E-state index contributed by atoms with van der Waals surface area (Å²) in [5, 5.41) is 3.12. The minimum atomic E-state index is -0.0465. The molecule has 3 aromatic carbocycles. The molecule has 0 bridgehead atoms. The fourth-order valence-electron chi connectivity index (χ4n) is 3.25. The van der Waals surface area contributed by atoms with Crippen LogP contribution in [0, 0.1) is 20.8 Å². The van der Waals surface area contributed by atoms with E-state index in [1.165, 1.54) is 22.3 Å². The number of hydrogen-bond acceptors (Lipinski definition) is 1. The Morgan fingerprint density at radius 2 is 1.35 bits per heavy atom. The van der Waals surface area contributed by atoms with Gasteiger partial charge in [-0.25, -0.2) is 0 Å². The highest BCUT2D eigenvalue weighted by Gasteiger charge is 2.14. The number of carbonyl (C=O) groups excluding carboxylic acids is 1. The molecule has 0 spiro atoms. The maximum atomic E-state index is 12.6. The van der Waals surface area contributed by atoms with Gasteiger partial charge in [0.25, 0.3) is 5.91 Å². The second kappa shape index (κ2) is 7.57. The molecule has 3 rings (SSSR count). The number of nitrogens with one attached hydrogen (secondary N) is 1. The first-order chi connectivity index (χ1) is 12.5. The van der Waals surface area contributed by atoms with Gasteiger partial charge in [-0.1, -0.05) is 54.6 Å². The van der Waals surface area contributed by atoms with Gasteiger partial charge in [0.05, 0.1) is 6.04 Å². The molecule has 0 radical (unpaired) electrons. The summed E-state index contributed by atoms with van der Waals surface area (Å²) in [5.41, 5.74) is 7.85. The predicted octanol–water partition coefficient (Wildman–Crippen LogP) is 5.77. The van der Waals surface area contributed by atoms with E-state index in [0.29, 0.717) is 5.56 Å². The predicted molar refractivity (Wildman–Crippen MR) is 108 cm³/mol. The molecule has 132 valence electrons. The van der Waals surface area contributed by atoms with Crippen LogP contribution in [0.4, 0.5) is 0 Å². The van der Waals surface area contributed by atoms with Crippen LogP contribution in [0.1, 0.15) is 45.6 Å². The van der Waals surface area contributed by atoms with Crippen LogP contribution in [-0.2, 0) is 0 Å². The molecule has 0 aliphatic rings. The molecule has 0 aromatic heterocycles. The molecule has 0 saturated heterocycles. The molecule has 1 N–H and O–H groups in total. The van der Waals surface area contributed by atoms with Gasteiger partial charge in [-0.05, 0) is 73.2 Å². The maximum absolute atomic E-state index is 12.6. The Bertz CT molecular complexity index is 911. The van der Waals surface area contributed by atoms with Crippen molar-refractivity contribution in [2.75, 3.05) is 0 Å². The van der Waals surface area contributed by atoms with E-state index >= 15 is 0 Å². The summed E-state index contributed by atoms with van der Waals surface area (Å²) >= 11 is 0. The van der Waals surface area contributed by atoms with Crippen LogP contribution in [0.2, 0.25) is 0 Å². The third-order valence-electron chi connectivity index (χ3n) is 4.95. The average Bonchev–Trinajstić information content (AvgIpc) is 2.65. The van der Waals surface area contributed by atoms with Gasteiger partial charge < -0.3 is 5.32 Å². The number of carbonyl (C=O) groups is 1. The molecule has 2 nitrogen and oxygen atoms in total. The van der Waals surface area contributed by atoms with Gasteiger partial charge in [0, 0.05) is 5.56 Å². The van der Waals surface area contributed by atoms with Crippen LogP contribution >= 0.6 is 0 Å². The Labute approximate surface area is 155 Å². The van der Waals surface area contributed by atoms with Crippen LogP contribution in [0.25, 0.3) is 11.1 Å². The summed E-state index contributed by atoms with van der Waals surface area (Å²) in [5.74, 6) is -0.0465. The molecule has 0 saturated carbocycles. The number of rotatable bonds is 4. The summed E-state index contributed by atoms with van der Waals surface area (Å²) in [7, 11) is 0. The minimum absolute atomic E-state index is 0.0319. The topological polar surface area (TPSA) is 29.1 Å². The Balaban J connectivity index is 1.75. The van der Waals surface area contributed by atoms with Crippen molar-refractivity contribution < 1.29 is 4.79 Å². The van der Waals surface area contributed by atoms with E-state index in [-0.39, 0.29) is 11.9 Å². The van der Waals surface area contributed by atoms with Crippen LogP contribution in [0.15, 0.2) is 66.7 Å². The zero-order valence-electron chi connectivity index (χ0n) is 15.8. The molecular formula is C24H25NO. The third kappa shape index (κ3) is 3.85. The van der Waals surface area contributed by atoms with Crippen molar-refractivity contribution in [3.05, 3.63) is 94.5 Å². The second-order valence-electron chi connectivity index (χ2n) is 6.93. The van der Waals surface area contributed by atoms with Crippen molar-refractivity contribution in [2.24, 2.45) is 0 Å². The molecule has 2 heteroatoms. The summed E-state index contributed by atoms with van der Waals surface area (Å²) in [6.07, 6.45) is 0. The van der Waals surface area contributed by atoms with Crippen molar-refractivity contribution in [1.82, 2.24) is 5.32 Å². The molecule has 0 heterocycles. The number of benzene rings is 3. The molecule has 1 atom stereocenters. The fraction of sp³-hybridized carbons (Fsp3) is 0.208. The lowest BCUT2D eigenvalue weighted by molar-refractivity contribution is 0.0940. The van der Waals surface area contributed by atoms with Gasteiger partial charge in [0.15, 0.2) is 0 Å². The van der Waals surface area contributed by atoms with Crippen LogP contribution in [0.5, 0.6) is 0 Å². The van der Waals surface area contributed by atoms with Crippen molar-refractivity contribution in [2.45, 2.75) is 33.7 Å². The largest absolute Gasteiger partial charge is 0.346 e. The number of hydrogen-bond donors (Lipinski definition) is 1. The molecule has 0 fully saturated rings. The standard InChI is InChI=1S/C24H25NO/c1-16-14-18(3)23(15-17(16)2)19(4)25-24(26)22-12-10-21(11-13-22)20-8-6-5-7-9-20/h5-15,19H,1-4H3,(H,25,26)/t19-/m1/s1. The van der Waals surface area contributed by atoms with Crippen LogP contribution < -0.4 is 5.32 Å². The van der Waals surface area contributed by atoms with E-state index < -0.39 is 0 Å². The molecule has 0 unspecified atom stereocenters. The molecule has 26 heavy (non-hydrogen) atoms. The lowest BCUT2D eigenvalue weighted by Crippen LogP contribution is -2.27. The molecule has 1 amide bonds. The Morgan fingerprint density at radius 1 is 0.769 bits per heavy atom. The summed E-state index contributed by atoms with van der Waals surface area (Å²) in [6.45, 7) is 8.35. The van der Waals surface area contributed by atoms with Crippen molar-refractivity contribution in [3.63, 3.8) is 0 Å². The van der Waals surface area contributed by atoms with E-state index in [2.05, 4.69) is 50.4 Å². The summed E-state index contributed by atoms with van der Waals surface area (Å²) < 4.78 is 0. The zero-order valence-corrected chi connectivity index (χ0v) is 15.8. The van der Waals surface area contributed by atoms with E-state index in [0.717, 1.165) is 11.1 Å². The smallest absolute Gasteiger partial charge is 0.251 e. The lowest BCUT2D eigenvalue weighted by Gasteiger charge is -2.18. The van der Waals surface area contributed by atoms with Crippen molar-refractivity contribution in [1.29, 1.82) is 0 Å². The Kier molecular flexibility index (Phi) is 5.22. The van der Waals surface area contributed by atoms with Crippen molar-refractivity contribution in [3.8, 4) is 11.1 Å². The molecule has 3 aromatic rings. The molecule has 0 aliphatic carbocycles. The fourth-order valence-corrected chi connectivity index (χ4v) is 3.25. The van der Waals surface area contributed by atoms with Gasteiger partial charge in [-0.2, -0.15) is 0 Å². The Morgan fingerprint density at radius 3 is 2.00 bits per heavy atom. The monoisotopic (exact) mass is 343 g/mol. The first kappa shape index (κ1) is 17.9. The van der Waals surface area contributed by atoms with Crippen LogP contribution in [-0.4, -0.2) is 5.91 Å². The normalized spacial score (nSPS) is 11.8. The van der Waals surface area contributed by atoms with Gasteiger partial charge in [-0.15, -0.1) is 0 Å². The highest BCUT2D eigenvalue weighted by molar-refractivity contribution is 5.95. The van der Waals surface area contributed by atoms with Gasteiger partial charge in [-0.3, -0.25) is 4.79 Å². The van der Waals surface area contributed by atoms with E-state index in [1.54, 1.807) is 0 Å². The van der Waals surface area contributed by atoms with E-state index in [1.807, 2.05) is 49.4 Å². The van der Waals surface area contributed by atoms with E-state index in [9.17, 15) is 4.79 Å².